The molecule has 2 saturated heterocycles. The Kier molecular flexibility index (Phi) is 4.92. The van der Waals surface area contributed by atoms with Crippen molar-refractivity contribution < 1.29 is 14.7 Å². The molecule has 2 fully saturated rings. The molecule has 1 amide bonds. The molecular formula is C17H21NO3S2. The fraction of sp³-hybridized carbons (Fsp3) is 0.529. The summed E-state index contributed by atoms with van der Waals surface area (Å²) in [6.45, 7) is 2.65. The van der Waals surface area contributed by atoms with Crippen molar-refractivity contribution in [3.63, 3.8) is 0 Å². The number of benzene rings is 1. The van der Waals surface area contributed by atoms with Crippen LogP contribution in [0.2, 0.25) is 0 Å². The quantitative estimate of drug-likeness (QED) is 0.903. The van der Waals surface area contributed by atoms with Gasteiger partial charge in [-0.1, -0.05) is 12.1 Å². The third-order valence-electron chi connectivity index (χ3n) is 4.55. The van der Waals surface area contributed by atoms with Crippen LogP contribution >= 0.6 is 23.5 Å². The standard InChI is InChI=1S/C17H21NO3S2/c1-17(16(20)21)7-2-8-18(11-17)14(19)12-3-5-13(6-4-12)15-22-9-10-23-15/h3-6,15H,2,7-11H2,1H3,(H,20,21). The number of piperidine rings is 1. The molecule has 1 aromatic rings. The first-order valence-electron chi connectivity index (χ1n) is 7.85. The molecule has 0 aromatic heterocycles. The third kappa shape index (κ3) is 3.53. The number of nitrogens with zero attached hydrogens (tertiary/aromatic N) is 1. The molecule has 124 valence electrons. The van der Waals surface area contributed by atoms with Gasteiger partial charge in [0.15, 0.2) is 0 Å². The van der Waals surface area contributed by atoms with Gasteiger partial charge in [-0.25, -0.2) is 0 Å². The average molecular weight is 351 g/mol. The van der Waals surface area contributed by atoms with Gasteiger partial charge in [-0.2, -0.15) is 0 Å². The molecule has 0 spiro atoms. The smallest absolute Gasteiger partial charge is 0.311 e. The SMILES string of the molecule is CC1(C(=O)O)CCCN(C(=O)c2ccc(C3SCCS3)cc2)C1. The van der Waals surface area contributed by atoms with Gasteiger partial charge in [0.25, 0.3) is 5.91 Å². The van der Waals surface area contributed by atoms with Crippen molar-refractivity contribution in [1.82, 2.24) is 4.90 Å². The molecular weight excluding hydrogens is 330 g/mol. The Balaban J connectivity index is 1.71. The van der Waals surface area contributed by atoms with Crippen molar-refractivity contribution in [2.75, 3.05) is 24.6 Å². The largest absolute Gasteiger partial charge is 0.481 e. The van der Waals surface area contributed by atoms with E-state index in [4.69, 9.17) is 0 Å². The van der Waals surface area contributed by atoms with Gasteiger partial charge >= 0.3 is 5.97 Å². The van der Waals surface area contributed by atoms with E-state index < -0.39 is 11.4 Å². The fourth-order valence-electron chi connectivity index (χ4n) is 3.10. The normalized spacial score (nSPS) is 25.5. The van der Waals surface area contributed by atoms with E-state index in [-0.39, 0.29) is 12.5 Å². The number of aliphatic carboxylic acids is 1. The molecule has 2 aliphatic rings. The summed E-state index contributed by atoms with van der Waals surface area (Å²) in [5.74, 6) is 1.48. The van der Waals surface area contributed by atoms with Gasteiger partial charge in [0.05, 0.1) is 10.00 Å². The zero-order chi connectivity index (χ0) is 16.4. The lowest BCUT2D eigenvalue weighted by molar-refractivity contribution is -0.150. The molecule has 1 atom stereocenters. The topological polar surface area (TPSA) is 57.6 Å². The minimum atomic E-state index is -0.828. The van der Waals surface area contributed by atoms with Gasteiger partial charge in [0.1, 0.15) is 0 Å². The Labute approximate surface area is 145 Å². The highest BCUT2D eigenvalue weighted by Crippen LogP contribution is 2.45. The van der Waals surface area contributed by atoms with Crippen LogP contribution in [0.4, 0.5) is 0 Å². The summed E-state index contributed by atoms with van der Waals surface area (Å²) in [6.07, 6.45) is 1.36. The number of rotatable bonds is 3. The van der Waals surface area contributed by atoms with Gasteiger partial charge in [-0.15, -0.1) is 23.5 Å². The zero-order valence-corrected chi connectivity index (χ0v) is 14.8. The van der Waals surface area contributed by atoms with Gasteiger partial charge < -0.3 is 10.0 Å². The molecule has 23 heavy (non-hydrogen) atoms. The highest BCUT2D eigenvalue weighted by atomic mass is 32.2. The molecule has 0 saturated carbocycles. The van der Waals surface area contributed by atoms with Crippen molar-refractivity contribution in [3.05, 3.63) is 35.4 Å². The minimum Gasteiger partial charge on any atom is -0.481 e. The number of hydrogen-bond donors (Lipinski definition) is 1. The van der Waals surface area contributed by atoms with Gasteiger partial charge in [-0.3, -0.25) is 9.59 Å². The minimum absolute atomic E-state index is 0.0598. The van der Waals surface area contributed by atoms with Gasteiger partial charge in [0.2, 0.25) is 0 Å². The highest BCUT2D eigenvalue weighted by molar-refractivity contribution is 8.19. The van der Waals surface area contributed by atoms with E-state index in [0.717, 1.165) is 6.42 Å². The first-order chi connectivity index (χ1) is 11.0. The molecule has 3 rings (SSSR count). The third-order valence-corrected chi connectivity index (χ3v) is 7.66. The second-order valence-electron chi connectivity index (χ2n) is 6.39. The van der Waals surface area contributed by atoms with Crippen molar-refractivity contribution in [2.45, 2.75) is 24.3 Å². The lowest BCUT2D eigenvalue weighted by Crippen LogP contribution is -2.48. The van der Waals surface area contributed by atoms with Crippen LogP contribution in [0.3, 0.4) is 0 Å². The maximum Gasteiger partial charge on any atom is 0.311 e. The van der Waals surface area contributed by atoms with E-state index in [9.17, 15) is 14.7 Å². The fourth-order valence-corrected chi connectivity index (χ4v) is 5.96. The second kappa shape index (κ2) is 6.77. The number of thioether (sulfide) groups is 2. The Bertz CT molecular complexity index is 598. The predicted octanol–water partition coefficient (Wildman–Crippen LogP) is 3.49. The van der Waals surface area contributed by atoms with Crippen molar-refractivity contribution in [1.29, 1.82) is 0 Å². The Hall–Kier alpha value is -1.14. The number of carbonyl (C=O) groups excluding carboxylic acids is 1. The van der Waals surface area contributed by atoms with Crippen molar-refractivity contribution in [3.8, 4) is 0 Å². The molecule has 1 aromatic carbocycles. The maximum absolute atomic E-state index is 12.7. The number of carbonyl (C=O) groups is 2. The molecule has 0 bridgehead atoms. The molecule has 1 N–H and O–H groups in total. The Morgan fingerprint density at radius 3 is 2.48 bits per heavy atom. The van der Waals surface area contributed by atoms with E-state index in [2.05, 4.69) is 0 Å². The molecule has 1 unspecified atom stereocenters. The number of likely N-dealkylation sites (tertiary alicyclic amines) is 1. The van der Waals surface area contributed by atoms with Crippen LogP contribution in [-0.2, 0) is 4.79 Å². The molecule has 2 heterocycles. The van der Waals surface area contributed by atoms with E-state index in [0.29, 0.717) is 23.1 Å². The van der Waals surface area contributed by atoms with Crippen molar-refractivity contribution >= 4 is 35.4 Å². The summed E-state index contributed by atoms with van der Waals surface area (Å²) >= 11 is 3.89. The van der Waals surface area contributed by atoms with Crippen LogP contribution in [0.25, 0.3) is 0 Å². The highest BCUT2D eigenvalue weighted by Gasteiger charge is 2.39. The van der Waals surface area contributed by atoms with Crippen LogP contribution in [0.5, 0.6) is 0 Å². The van der Waals surface area contributed by atoms with Crippen molar-refractivity contribution in [2.24, 2.45) is 5.41 Å². The monoisotopic (exact) mass is 351 g/mol. The van der Waals surface area contributed by atoms with Crippen LogP contribution in [0.1, 0.15) is 40.3 Å². The number of hydrogen-bond acceptors (Lipinski definition) is 4. The average Bonchev–Trinajstić information content (AvgIpc) is 3.09. The lowest BCUT2D eigenvalue weighted by atomic mass is 9.82. The van der Waals surface area contributed by atoms with Crippen LogP contribution in [0, 0.1) is 5.41 Å². The van der Waals surface area contributed by atoms with E-state index in [1.54, 1.807) is 11.8 Å². The molecule has 0 radical (unpaired) electrons. The summed E-state index contributed by atoms with van der Waals surface area (Å²) in [5, 5.41) is 9.38. The summed E-state index contributed by atoms with van der Waals surface area (Å²) in [6, 6.07) is 7.82. The van der Waals surface area contributed by atoms with Gasteiger partial charge in [-0.05, 0) is 37.5 Å². The molecule has 4 nitrogen and oxygen atoms in total. The summed E-state index contributed by atoms with van der Waals surface area (Å²) < 4.78 is 0.476. The lowest BCUT2D eigenvalue weighted by Gasteiger charge is -2.37. The first kappa shape index (κ1) is 16.7. The number of amides is 1. The molecule has 2 aliphatic heterocycles. The van der Waals surface area contributed by atoms with Crippen LogP contribution in [0.15, 0.2) is 24.3 Å². The van der Waals surface area contributed by atoms with E-state index >= 15 is 0 Å². The van der Waals surface area contributed by atoms with Gasteiger partial charge in [0, 0.05) is 30.2 Å². The summed E-state index contributed by atoms with van der Waals surface area (Å²) in [7, 11) is 0. The molecule has 6 heteroatoms. The van der Waals surface area contributed by atoms with E-state index in [1.807, 2.05) is 47.8 Å². The molecule has 0 aliphatic carbocycles. The Morgan fingerprint density at radius 1 is 1.22 bits per heavy atom. The second-order valence-corrected chi connectivity index (χ2v) is 9.12. The maximum atomic E-state index is 12.7. The van der Waals surface area contributed by atoms with E-state index in [1.165, 1.54) is 17.1 Å². The van der Waals surface area contributed by atoms with Crippen LogP contribution in [-0.4, -0.2) is 46.5 Å². The number of carboxylic acid groups (broad SMARTS) is 1. The summed E-state index contributed by atoms with van der Waals surface area (Å²) in [4.78, 5) is 25.8. The Morgan fingerprint density at radius 2 is 1.87 bits per heavy atom. The zero-order valence-electron chi connectivity index (χ0n) is 13.2. The van der Waals surface area contributed by atoms with Crippen LogP contribution < -0.4 is 0 Å². The predicted molar refractivity (Wildman–Crippen MR) is 95.0 cm³/mol. The summed E-state index contributed by atoms with van der Waals surface area (Å²) in [5.41, 5.74) is 1.07. The first-order valence-corrected chi connectivity index (χ1v) is 9.95. The number of carboxylic acids is 1.